The van der Waals surface area contributed by atoms with Crippen molar-refractivity contribution in [2.75, 3.05) is 0 Å². The summed E-state index contributed by atoms with van der Waals surface area (Å²) in [7, 11) is 1.96. The number of aryl methyl sites for hydroxylation is 1. The first kappa shape index (κ1) is 12.0. The van der Waals surface area contributed by atoms with Crippen molar-refractivity contribution in [2.45, 2.75) is 19.8 Å². The Labute approximate surface area is 113 Å². The van der Waals surface area contributed by atoms with E-state index in [1.165, 1.54) is 22.1 Å². The van der Waals surface area contributed by atoms with Gasteiger partial charge in [0.25, 0.3) is 0 Å². The lowest BCUT2D eigenvalue weighted by Crippen LogP contribution is -1.87. The van der Waals surface area contributed by atoms with Crippen molar-refractivity contribution in [3.8, 4) is 11.1 Å². The smallest absolute Gasteiger partial charge is 0.0929 e. The third-order valence-electron chi connectivity index (χ3n) is 3.55. The van der Waals surface area contributed by atoms with E-state index < -0.39 is 0 Å². The maximum Gasteiger partial charge on any atom is 0.0929 e. The van der Waals surface area contributed by atoms with Gasteiger partial charge in [0.05, 0.1) is 5.52 Å². The molecule has 0 radical (unpaired) electrons. The molecule has 1 aromatic heterocycles. The number of rotatable bonds is 2. The Hall–Kier alpha value is -2.09. The SMILES string of the molecule is CC(C)c1ccc(-c2cccc3nn(C)cc23)cc1. The lowest BCUT2D eigenvalue weighted by atomic mass is 9.97. The molecule has 0 N–H and O–H groups in total. The summed E-state index contributed by atoms with van der Waals surface area (Å²) in [4.78, 5) is 0. The summed E-state index contributed by atoms with van der Waals surface area (Å²) < 4.78 is 1.87. The van der Waals surface area contributed by atoms with E-state index in [0.717, 1.165) is 5.52 Å². The van der Waals surface area contributed by atoms with Crippen LogP contribution < -0.4 is 0 Å². The molecule has 0 atom stereocenters. The Balaban J connectivity index is 2.13. The summed E-state index contributed by atoms with van der Waals surface area (Å²) in [6.07, 6.45) is 2.08. The van der Waals surface area contributed by atoms with E-state index in [1.807, 2.05) is 11.7 Å². The Bertz CT molecular complexity index is 706. The molecule has 3 rings (SSSR count). The van der Waals surface area contributed by atoms with Gasteiger partial charge in [0, 0.05) is 18.6 Å². The average molecular weight is 250 g/mol. The van der Waals surface area contributed by atoms with Crippen molar-refractivity contribution >= 4 is 10.9 Å². The van der Waals surface area contributed by atoms with Crippen LogP contribution in [0.2, 0.25) is 0 Å². The fourth-order valence-corrected chi connectivity index (χ4v) is 2.46. The summed E-state index contributed by atoms with van der Waals surface area (Å²) in [5, 5.41) is 5.67. The molecular formula is C17H18N2. The lowest BCUT2D eigenvalue weighted by molar-refractivity contribution is 0.780. The second-order valence-electron chi connectivity index (χ2n) is 5.32. The number of benzene rings is 2. The maximum absolute atomic E-state index is 4.46. The van der Waals surface area contributed by atoms with Crippen LogP contribution in [0.4, 0.5) is 0 Å². The monoisotopic (exact) mass is 250 g/mol. The molecule has 0 saturated carbocycles. The van der Waals surface area contributed by atoms with Crippen LogP contribution in [0, 0.1) is 0 Å². The Morgan fingerprint density at radius 2 is 1.74 bits per heavy atom. The van der Waals surface area contributed by atoms with Crippen LogP contribution in [0.5, 0.6) is 0 Å². The zero-order valence-corrected chi connectivity index (χ0v) is 11.6. The molecule has 0 aliphatic heterocycles. The van der Waals surface area contributed by atoms with E-state index in [1.54, 1.807) is 0 Å². The molecule has 0 fully saturated rings. The average Bonchev–Trinajstić information content (AvgIpc) is 2.78. The van der Waals surface area contributed by atoms with Gasteiger partial charge in [-0.1, -0.05) is 50.2 Å². The number of hydrogen-bond donors (Lipinski definition) is 0. The number of aromatic nitrogens is 2. The first-order chi connectivity index (χ1) is 9.15. The van der Waals surface area contributed by atoms with Crippen LogP contribution >= 0.6 is 0 Å². The second kappa shape index (κ2) is 4.54. The minimum atomic E-state index is 0.572. The molecule has 0 saturated heterocycles. The highest BCUT2D eigenvalue weighted by Crippen LogP contribution is 2.29. The highest BCUT2D eigenvalue weighted by atomic mass is 15.2. The van der Waals surface area contributed by atoms with Gasteiger partial charge in [-0.25, -0.2) is 0 Å². The normalized spacial score (nSPS) is 11.4. The highest BCUT2D eigenvalue weighted by Gasteiger charge is 2.07. The van der Waals surface area contributed by atoms with E-state index in [2.05, 4.69) is 67.6 Å². The van der Waals surface area contributed by atoms with Crippen LogP contribution in [0.15, 0.2) is 48.7 Å². The molecule has 0 bridgehead atoms. The first-order valence-electron chi connectivity index (χ1n) is 6.68. The fraction of sp³-hybridized carbons (Fsp3) is 0.235. The molecule has 0 aliphatic rings. The number of fused-ring (bicyclic) bond motifs is 1. The standard InChI is InChI=1S/C17H18N2/c1-12(2)13-7-9-14(10-8-13)15-5-4-6-17-16(15)11-19(3)18-17/h4-12H,1-3H3. The van der Waals surface area contributed by atoms with Gasteiger partial charge >= 0.3 is 0 Å². The molecular weight excluding hydrogens is 232 g/mol. The van der Waals surface area contributed by atoms with Crippen molar-refractivity contribution in [3.63, 3.8) is 0 Å². The molecule has 2 nitrogen and oxygen atoms in total. The van der Waals surface area contributed by atoms with Gasteiger partial charge in [0.2, 0.25) is 0 Å². The predicted molar refractivity (Wildman–Crippen MR) is 80.2 cm³/mol. The molecule has 2 aromatic carbocycles. The van der Waals surface area contributed by atoms with Gasteiger partial charge < -0.3 is 0 Å². The van der Waals surface area contributed by atoms with E-state index in [-0.39, 0.29) is 0 Å². The lowest BCUT2D eigenvalue weighted by Gasteiger charge is -2.07. The fourth-order valence-electron chi connectivity index (χ4n) is 2.46. The molecule has 2 heteroatoms. The Morgan fingerprint density at radius 3 is 2.42 bits per heavy atom. The highest BCUT2D eigenvalue weighted by molar-refractivity contribution is 5.94. The van der Waals surface area contributed by atoms with Crippen molar-refractivity contribution in [2.24, 2.45) is 7.05 Å². The minimum Gasteiger partial charge on any atom is -0.275 e. The van der Waals surface area contributed by atoms with Gasteiger partial charge in [-0.05, 0) is 28.7 Å². The molecule has 0 amide bonds. The third-order valence-corrected chi connectivity index (χ3v) is 3.55. The summed E-state index contributed by atoms with van der Waals surface area (Å²) >= 11 is 0. The number of nitrogens with zero attached hydrogens (tertiary/aromatic N) is 2. The molecule has 19 heavy (non-hydrogen) atoms. The van der Waals surface area contributed by atoms with Crippen LogP contribution in [-0.4, -0.2) is 9.78 Å². The predicted octanol–water partition coefficient (Wildman–Crippen LogP) is 4.36. The van der Waals surface area contributed by atoms with E-state index in [9.17, 15) is 0 Å². The van der Waals surface area contributed by atoms with Crippen molar-refractivity contribution in [3.05, 3.63) is 54.2 Å². The summed E-state index contributed by atoms with van der Waals surface area (Å²) in [5.41, 5.74) is 4.93. The zero-order valence-electron chi connectivity index (χ0n) is 11.6. The van der Waals surface area contributed by atoms with Crippen LogP contribution in [0.1, 0.15) is 25.3 Å². The van der Waals surface area contributed by atoms with Crippen molar-refractivity contribution in [1.82, 2.24) is 9.78 Å². The largest absolute Gasteiger partial charge is 0.275 e. The quantitative estimate of drug-likeness (QED) is 0.660. The molecule has 1 heterocycles. The molecule has 3 aromatic rings. The van der Waals surface area contributed by atoms with Crippen LogP contribution in [-0.2, 0) is 7.05 Å². The second-order valence-corrected chi connectivity index (χ2v) is 5.32. The zero-order chi connectivity index (χ0) is 13.4. The minimum absolute atomic E-state index is 0.572. The van der Waals surface area contributed by atoms with Crippen LogP contribution in [0.3, 0.4) is 0 Å². The Morgan fingerprint density at radius 1 is 1.00 bits per heavy atom. The van der Waals surface area contributed by atoms with Gasteiger partial charge in [-0.15, -0.1) is 0 Å². The molecule has 96 valence electrons. The van der Waals surface area contributed by atoms with Gasteiger partial charge in [-0.3, -0.25) is 4.68 Å². The van der Waals surface area contributed by atoms with E-state index >= 15 is 0 Å². The van der Waals surface area contributed by atoms with E-state index in [4.69, 9.17) is 0 Å². The van der Waals surface area contributed by atoms with Crippen LogP contribution in [0.25, 0.3) is 22.0 Å². The summed E-state index contributed by atoms with van der Waals surface area (Å²) in [6, 6.07) is 15.1. The Kier molecular flexibility index (Phi) is 2.86. The molecule has 0 spiro atoms. The molecule has 0 aliphatic carbocycles. The molecule has 0 unspecified atom stereocenters. The summed E-state index contributed by atoms with van der Waals surface area (Å²) in [6.45, 7) is 4.44. The van der Waals surface area contributed by atoms with Crippen molar-refractivity contribution in [1.29, 1.82) is 0 Å². The summed E-state index contributed by atoms with van der Waals surface area (Å²) in [5.74, 6) is 0.572. The topological polar surface area (TPSA) is 17.8 Å². The number of hydrogen-bond acceptors (Lipinski definition) is 1. The first-order valence-corrected chi connectivity index (χ1v) is 6.68. The van der Waals surface area contributed by atoms with Gasteiger partial charge in [0.15, 0.2) is 0 Å². The van der Waals surface area contributed by atoms with E-state index in [0.29, 0.717) is 5.92 Å². The maximum atomic E-state index is 4.46. The van der Waals surface area contributed by atoms with Gasteiger partial charge in [-0.2, -0.15) is 5.10 Å². The third kappa shape index (κ3) is 2.14. The van der Waals surface area contributed by atoms with Crippen molar-refractivity contribution < 1.29 is 0 Å². The van der Waals surface area contributed by atoms with Gasteiger partial charge in [0.1, 0.15) is 0 Å².